The number of aryl methyl sites for hydroxylation is 1. The molecule has 2 aliphatic rings. The Kier molecular flexibility index (Phi) is 6.74. The molecule has 0 aliphatic heterocycles. The summed E-state index contributed by atoms with van der Waals surface area (Å²) in [4.78, 5) is 15.0. The van der Waals surface area contributed by atoms with Crippen LogP contribution in [0.3, 0.4) is 0 Å². The van der Waals surface area contributed by atoms with Crippen molar-refractivity contribution in [3.8, 4) is 0 Å². The van der Waals surface area contributed by atoms with E-state index < -0.39 is 17.8 Å². The lowest BCUT2D eigenvalue weighted by atomic mass is 9.78. The molecule has 2 nitrogen and oxygen atoms in total. The van der Waals surface area contributed by atoms with Gasteiger partial charge < -0.3 is 5.11 Å². The second kappa shape index (κ2) is 9.40. The molecule has 0 fully saturated rings. The van der Waals surface area contributed by atoms with Crippen molar-refractivity contribution in [3.05, 3.63) is 79.2 Å². The zero-order chi connectivity index (χ0) is 23.8. The summed E-state index contributed by atoms with van der Waals surface area (Å²) in [6.07, 6.45) is 8.12. The first-order valence-electron chi connectivity index (χ1n) is 11.7. The standard InChI is InChI=1S/C28H30F2O2S/c1-4-9-21(27(31)32)24-17(2)10-7-15-23-26(20-13-5-6-14-22(20)33-23)25(24)18-11-8-12-19(16-18)28(3,29)30/h7-8,11-12,16,21H,4-6,9,13-15H2,1-3H3,(H,31,32)/b25-24+. The number of aliphatic carboxylic acids is 1. The molecule has 2 aromatic rings. The number of rotatable bonds is 6. The maximum atomic E-state index is 14.3. The Morgan fingerprint density at radius 1 is 1.24 bits per heavy atom. The summed E-state index contributed by atoms with van der Waals surface area (Å²) >= 11 is 1.80. The molecule has 33 heavy (non-hydrogen) atoms. The van der Waals surface area contributed by atoms with Gasteiger partial charge in [-0.3, -0.25) is 4.79 Å². The van der Waals surface area contributed by atoms with Crippen molar-refractivity contribution in [1.82, 2.24) is 0 Å². The maximum absolute atomic E-state index is 14.3. The lowest BCUT2D eigenvalue weighted by molar-refractivity contribution is -0.140. The lowest BCUT2D eigenvalue weighted by Gasteiger charge is -2.25. The van der Waals surface area contributed by atoms with E-state index >= 15 is 0 Å². The predicted octanol–water partition coefficient (Wildman–Crippen LogP) is 7.70. The van der Waals surface area contributed by atoms with Crippen molar-refractivity contribution in [2.45, 2.75) is 71.6 Å². The number of carboxylic acid groups (broad SMARTS) is 1. The fourth-order valence-corrected chi connectivity index (χ4v) is 6.48. The van der Waals surface area contributed by atoms with Crippen molar-refractivity contribution in [3.63, 3.8) is 0 Å². The molecule has 0 bridgehead atoms. The van der Waals surface area contributed by atoms with Gasteiger partial charge in [-0.25, -0.2) is 8.78 Å². The van der Waals surface area contributed by atoms with Crippen LogP contribution in [0.1, 0.15) is 78.5 Å². The first kappa shape index (κ1) is 23.7. The number of hydrogen-bond acceptors (Lipinski definition) is 2. The van der Waals surface area contributed by atoms with Crippen LogP contribution in [0.4, 0.5) is 8.78 Å². The number of hydrogen-bond donors (Lipinski definition) is 1. The van der Waals surface area contributed by atoms with Crippen LogP contribution in [0.15, 0.2) is 47.2 Å². The van der Waals surface area contributed by atoms with E-state index in [4.69, 9.17) is 0 Å². The molecule has 0 amide bonds. The quantitative estimate of drug-likeness (QED) is 0.441. The highest BCUT2D eigenvalue weighted by Gasteiger charge is 2.33. The first-order valence-corrected chi connectivity index (χ1v) is 12.6. The zero-order valence-corrected chi connectivity index (χ0v) is 20.2. The van der Waals surface area contributed by atoms with Crippen LogP contribution in [-0.4, -0.2) is 11.1 Å². The second-order valence-electron chi connectivity index (χ2n) is 9.12. The van der Waals surface area contributed by atoms with Gasteiger partial charge in [0.25, 0.3) is 5.92 Å². The number of benzene rings is 1. The number of allylic oxidation sites excluding steroid dienone is 1. The SMILES string of the molecule is CCCC(C(=O)O)/C1=C(\c2cccc(C(C)(F)F)c2)c2c(sc3c2CCCC3)CC=C=C1C. The Labute approximate surface area is 198 Å². The van der Waals surface area contributed by atoms with Gasteiger partial charge in [-0.05, 0) is 79.0 Å². The van der Waals surface area contributed by atoms with Crippen LogP contribution in [-0.2, 0) is 30.0 Å². The number of thiophene rings is 1. The van der Waals surface area contributed by atoms with Crippen molar-refractivity contribution in [2.24, 2.45) is 5.92 Å². The summed E-state index contributed by atoms with van der Waals surface area (Å²) in [6.45, 7) is 4.78. The minimum Gasteiger partial charge on any atom is -0.481 e. The van der Waals surface area contributed by atoms with Gasteiger partial charge in [-0.2, -0.15) is 0 Å². The third kappa shape index (κ3) is 4.62. The summed E-state index contributed by atoms with van der Waals surface area (Å²) in [7, 11) is 0. The molecule has 4 rings (SSSR count). The minimum atomic E-state index is -2.98. The molecule has 1 atom stereocenters. The van der Waals surface area contributed by atoms with Crippen molar-refractivity contribution < 1.29 is 18.7 Å². The molecule has 1 unspecified atom stereocenters. The van der Waals surface area contributed by atoms with Crippen molar-refractivity contribution in [1.29, 1.82) is 0 Å². The monoisotopic (exact) mass is 468 g/mol. The molecule has 174 valence electrons. The Bertz CT molecular complexity index is 1170. The Morgan fingerprint density at radius 3 is 2.70 bits per heavy atom. The predicted molar refractivity (Wildman–Crippen MR) is 130 cm³/mol. The average molecular weight is 469 g/mol. The molecule has 1 aromatic carbocycles. The van der Waals surface area contributed by atoms with Crippen LogP contribution in [0, 0.1) is 5.92 Å². The largest absolute Gasteiger partial charge is 0.481 e. The van der Waals surface area contributed by atoms with Gasteiger partial charge in [0.1, 0.15) is 0 Å². The number of fused-ring (bicyclic) bond motifs is 3. The summed E-state index contributed by atoms with van der Waals surface area (Å²) in [6, 6.07) is 6.51. The van der Waals surface area contributed by atoms with Gasteiger partial charge in [-0.1, -0.05) is 31.5 Å². The summed E-state index contributed by atoms with van der Waals surface area (Å²) < 4.78 is 28.6. The molecule has 5 heteroatoms. The molecule has 0 radical (unpaired) electrons. The van der Waals surface area contributed by atoms with Crippen LogP contribution >= 0.6 is 11.3 Å². The highest BCUT2D eigenvalue weighted by Crippen LogP contribution is 2.46. The van der Waals surface area contributed by atoms with E-state index in [9.17, 15) is 18.7 Å². The molecule has 1 N–H and O–H groups in total. The van der Waals surface area contributed by atoms with E-state index in [1.54, 1.807) is 23.5 Å². The first-order chi connectivity index (χ1) is 15.7. The number of carbonyl (C=O) groups is 1. The number of alkyl halides is 2. The van der Waals surface area contributed by atoms with Gasteiger partial charge >= 0.3 is 5.97 Å². The van der Waals surface area contributed by atoms with Gasteiger partial charge in [-0.15, -0.1) is 17.1 Å². The lowest BCUT2D eigenvalue weighted by Crippen LogP contribution is -2.20. The number of halogens is 2. The second-order valence-corrected chi connectivity index (χ2v) is 10.3. The van der Waals surface area contributed by atoms with E-state index in [1.807, 2.05) is 26.0 Å². The molecule has 2 aliphatic carbocycles. The van der Waals surface area contributed by atoms with Crippen molar-refractivity contribution >= 4 is 22.9 Å². The van der Waals surface area contributed by atoms with Gasteiger partial charge in [0, 0.05) is 34.2 Å². The summed E-state index contributed by atoms with van der Waals surface area (Å²) in [5.41, 5.74) is 8.61. The summed E-state index contributed by atoms with van der Waals surface area (Å²) in [5.74, 6) is -4.58. The minimum absolute atomic E-state index is 0.0564. The van der Waals surface area contributed by atoms with Crippen molar-refractivity contribution in [2.75, 3.05) is 0 Å². The van der Waals surface area contributed by atoms with E-state index in [1.165, 1.54) is 21.4 Å². The van der Waals surface area contributed by atoms with Crippen LogP contribution in [0.2, 0.25) is 0 Å². The highest BCUT2D eigenvalue weighted by atomic mass is 32.1. The maximum Gasteiger partial charge on any atom is 0.311 e. The third-order valence-electron chi connectivity index (χ3n) is 6.66. The molecule has 0 saturated heterocycles. The zero-order valence-electron chi connectivity index (χ0n) is 19.4. The molecule has 1 heterocycles. The Hall–Kier alpha value is -2.49. The van der Waals surface area contributed by atoms with Gasteiger partial charge in [0.05, 0.1) is 5.92 Å². The Balaban J connectivity index is 2.11. The molecular formula is C28H30F2O2S. The molecule has 0 saturated carbocycles. The van der Waals surface area contributed by atoms with E-state index in [2.05, 4.69) is 5.73 Å². The fraction of sp³-hybridized carbons (Fsp3) is 0.429. The topological polar surface area (TPSA) is 37.3 Å². The fourth-order valence-electron chi connectivity index (χ4n) is 5.12. The van der Waals surface area contributed by atoms with E-state index in [-0.39, 0.29) is 5.56 Å². The smallest absolute Gasteiger partial charge is 0.311 e. The average Bonchev–Trinajstić information content (AvgIpc) is 3.12. The van der Waals surface area contributed by atoms with Crippen LogP contribution in [0.5, 0.6) is 0 Å². The van der Waals surface area contributed by atoms with Gasteiger partial charge in [0.2, 0.25) is 0 Å². The van der Waals surface area contributed by atoms with E-state index in [0.29, 0.717) is 24.0 Å². The van der Waals surface area contributed by atoms with Crippen LogP contribution in [0.25, 0.3) is 5.57 Å². The Morgan fingerprint density at radius 2 is 2.00 bits per heavy atom. The summed E-state index contributed by atoms with van der Waals surface area (Å²) in [5, 5.41) is 10.2. The number of carboxylic acids is 1. The van der Waals surface area contributed by atoms with Crippen LogP contribution < -0.4 is 0 Å². The van der Waals surface area contributed by atoms with E-state index in [0.717, 1.165) is 55.7 Å². The van der Waals surface area contributed by atoms with Gasteiger partial charge in [0.15, 0.2) is 0 Å². The molecular weight excluding hydrogens is 438 g/mol. The third-order valence-corrected chi connectivity index (χ3v) is 7.97. The normalized spacial score (nSPS) is 19.2. The highest BCUT2D eigenvalue weighted by molar-refractivity contribution is 7.12. The molecule has 1 aromatic heterocycles. The molecule has 0 spiro atoms.